The van der Waals surface area contributed by atoms with Gasteiger partial charge in [-0.1, -0.05) is 251 Å². The van der Waals surface area contributed by atoms with E-state index in [0.29, 0.717) is 12.8 Å². The van der Waals surface area contributed by atoms with E-state index in [1.165, 1.54) is 103 Å². The Balaban J connectivity index is 4.50. The number of esters is 3. The minimum absolute atomic E-state index is 0.118. The highest BCUT2D eigenvalue weighted by Gasteiger charge is 2.19. The summed E-state index contributed by atoms with van der Waals surface area (Å²) in [4.78, 5) is 38.2. The molecule has 0 bridgehead atoms. The lowest BCUT2D eigenvalue weighted by Gasteiger charge is -2.18. The van der Waals surface area contributed by atoms with Crippen LogP contribution in [0.15, 0.2) is 134 Å². The molecule has 0 N–H and O–H groups in total. The molecule has 0 aromatic heterocycles. The molecule has 6 nitrogen and oxygen atoms in total. The topological polar surface area (TPSA) is 78.9 Å². The smallest absolute Gasteiger partial charge is 0.309 e. The molecule has 0 fully saturated rings. The second-order valence-corrected chi connectivity index (χ2v) is 19.2. The zero-order valence-electron chi connectivity index (χ0n) is 47.1. The number of allylic oxidation sites excluding steroid dienone is 21. The molecular formula is C67H108O6. The Bertz CT molecular complexity index is 1580. The zero-order chi connectivity index (χ0) is 52.9. The average molecular weight is 1010 g/mol. The van der Waals surface area contributed by atoms with Crippen molar-refractivity contribution in [3.05, 3.63) is 134 Å². The largest absolute Gasteiger partial charge is 0.462 e. The molecule has 6 heteroatoms. The van der Waals surface area contributed by atoms with Crippen LogP contribution in [-0.4, -0.2) is 37.2 Å². The van der Waals surface area contributed by atoms with Crippen molar-refractivity contribution >= 4 is 17.9 Å². The molecule has 0 aliphatic heterocycles. The summed E-state index contributed by atoms with van der Waals surface area (Å²) >= 11 is 0. The van der Waals surface area contributed by atoms with Crippen molar-refractivity contribution in [2.45, 2.75) is 258 Å². The number of rotatable bonds is 52. The van der Waals surface area contributed by atoms with E-state index < -0.39 is 12.1 Å². The van der Waals surface area contributed by atoms with E-state index >= 15 is 0 Å². The van der Waals surface area contributed by atoms with Crippen LogP contribution in [0, 0.1) is 0 Å². The lowest BCUT2D eigenvalue weighted by Crippen LogP contribution is -2.30. The second kappa shape index (κ2) is 60.1. The van der Waals surface area contributed by atoms with Gasteiger partial charge < -0.3 is 14.2 Å². The highest BCUT2D eigenvalue weighted by Crippen LogP contribution is 2.14. The van der Waals surface area contributed by atoms with Gasteiger partial charge in [0, 0.05) is 12.8 Å². The van der Waals surface area contributed by atoms with Gasteiger partial charge in [-0.3, -0.25) is 14.4 Å². The number of unbranched alkanes of at least 4 members (excludes halogenated alkanes) is 20. The van der Waals surface area contributed by atoms with Crippen molar-refractivity contribution in [1.82, 2.24) is 0 Å². The first-order valence-electron chi connectivity index (χ1n) is 29.7. The Hall–Kier alpha value is -4.45. The summed E-state index contributed by atoms with van der Waals surface area (Å²) in [6, 6.07) is 0. The fourth-order valence-corrected chi connectivity index (χ4v) is 7.77. The molecule has 1 atom stereocenters. The molecule has 1 unspecified atom stereocenters. The molecule has 73 heavy (non-hydrogen) atoms. The van der Waals surface area contributed by atoms with Gasteiger partial charge in [0.1, 0.15) is 13.2 Å². The SMILES string of the molecule is CC/C=C\C/C=C\C/C=C\C/C=C\C/C=C\CC(=O)OCC(COC(=O)CCCCCCCCCC/C=C\C/C=C\C/C=C\C/C=C\CC)OC(=O)CCCCCCCCCCC/C=C\C/C=C\CCCCC. The number of hydrogen-bond donors (Lipinski definition) is 0. The van der Waals surface area contributed by atoms with Gasteiger partial charge in [-0.2, -0.15) is 0 Å². The molecular weight excluding hydrogens is 901 g/mol. The zero-order valence-corrected chi connectivity index (χ0v) is 47.1. The van der Waals surface area contributed by atoms with Crippen LogP contribution in [0.2, 0.25) is 0 Å². The second-order valence-electron chi connectivity index (χ2n) is 19.2. The summed E-state index contributed by atoms with van der Waals surface area (Å²) in [6.45, 7) is 6.29. The van der Waals surface area contributed by atoms with Gasteiger partial charge in [-0.25, -0.2) is 0 Å². The van der Waals surface area contributed by atoms with Crippen molar-refractivity contribution in [1.29, 1.82) is 0 Å². The number of hydrogen-bond acceptors (Lipinski definition) is 6. The summed E-state index contributed by atoms with van der Waals surface area (Å²) in [6.07, 6.45) is 84.7. The Morgan fingerprint density at radius 2 is 0.589 bits per heavy atom. The van der Waals surface area contributed by atoms with Crippen LogP contribution < -0.4 is 0 Å². The van der Waals surface area contributed by atoms with Crippen molar-refractivity contribution in [3.8, 4) is 0 Å². The van der Waals surface area contributed by atoms with Crippen molar-refractivity contribution in [3.63, 3.8) is 0 Å². The van der Waals surface area contributed by atoms with E-state index in [4.69, 9.17) is 14.2 Å². The summed E-state index contributed by atoms with van der Waals surface area (Å²) in [5.74, 6) is -1.06. The minimum atomic E-state index is -0.829. The standard InChI is InChI=1S/C67H108O6/c1-4-7-10-13-16-19-22-25-28-30-32-33-35-36-39-42-45-48-51-54-57-60-66(69)72-63-64(62-71-65(68)59-56-53-50-47-44-41-38-27-24-21-18-15-12-9-6-3)73-67(70)61-58-55-52-49-46-43-40-37-34-31-29-26-23-20-17-14-11-8-5-2/h7,9-10,12,16-21,25-29,32-33,38,44,47,53,56,64H,4-6,8,11,13-15,22-24,30-31,34-37,39-43,45-46,48-52,54-55,57-63H2,1-3H3/b10-7-,12-9-,19-16-,20-17-,21-18-,28-25-,29-26-,33-32-,38-27-,47-44-,56-53-. The summed E-state index contributed by atoms with van der Waals surface area (Å²) in [5, 5.41) is 0. The van der Waals surface area contributed by atoms with Crippen molar-refractivity contribution in [2.24, 2.45) is 0 Å². The van der Waals surface area contributed by atoms with E-state index in [0.717, 1.165) is 109 Å². The van der Waals surface area contributed by atoms with E-state index in [9.17, 15) is 14.4 Å². The number of carbonyl (C=O) groups excluding carboxylic acids is 3. The van der Waals surface area contributed by atoms with Crippen LogP contribution in [0.1, 0.15) is 252 Å². The molecule has 0 aliphatic carbocycles. The molecule has 0 saturated carbocycles. The van der Waals surface area contributed by atoms with Crippen LogP contribution in [0.25, 0.3) is 0 Å². The third kappa shape index (κ3) is 58.3. The van der Waals surface area contributed by atoms with Gasteiger partial charge in [-0.15, -0.1) is 0 Å². The fraction of sp³-hybridized carbons (Fsp3) is 0.627. The van der Waals surface area contributed by atoms with Crippen molar-refractivity contribution in [2.75, 3.05) is 13.2 Å². The first kappa shape index (κ1) is 68.6. The average Bonchev–Trinajstić information content (AvgIpc) is 3.39. The minimum Gasteiger partial charge on any atom is -0.462 e. The highest BCUT2D eigenvalue weighted by atomic mass is 16.6. The molecule has 0 saturated heterocycles. The maximum atomic E-state index is 12.9. The predicted octanol–water partition coefficient (Wildman–Crippen LogP) is 20.2. The molecule has 0 aromatic carbocycles. The Morgan fingerprint density at radius 1 is 0.301 bits per heavy atom. The predicted molar refractivity (Wildman–Crippen MR) is 316 cm³/mol. The molecule has 0 rings (SSSR count). The first-order chi connectivity index (χ1) is 36.0. The van der Waals surface area contributed by atoms with Gasteiger partial charge in [0.2, 0.25) is 0 Å². The Labute approximate surface area is 449 Å². The number of carbonyl (C=O) groups is 3. The van der Waals surface area contributed by atoms with E-state index in [1.807, 2.05) is 6.08 Å². The normalized spacial score (nSPS) is 13.1. The monoisotopic (exact) mass is 1010 g/mol. The summed E-state index contributed by atoms with van der Waals surface area (Å²) < 4.78 is 16.8. The maximum Gasteiger partial charge on any atom is 0.309 e. The molecule has 0 spiro atoms. The maximum absolute atomic E-state index is 12.9. The van der Waals surface area contributed by atoms with Gasteiger partial charge in [-0.05, 0) is 116 Å². The van der Waals surface area contributed by atoms with Gasteiger partial charge in [0.15, 0.2) is 6.10 Å². The molecule has 0 heterocycles. The van der Waals surface area contributed by atoms with E-state index in [2.05, 4.69) is 142 Å². The molecule has 412 valence electrons. The third-order valence-electron chi connectivity index (χ3n) is 12.2. The summed E-state index contributed by atoms with van der Waals surface area (Å²) in [5.41, 5.74) is 0. The van der Waals surface area contributed by atoms with Crippen LogP contribution in [-0.2, 0) is 28.6 Å². The molecule has 0 amide bonds. The van der Waals surface area contributed by atoms with E-state index in [-0.39, 0.29) is 31.6 Å². The van der Waals surface area contributed by atoms with Gasteiger partial charge in [0.25, 0.3) is 0 Å². The Morgan fingerprint density at radius 3 is 0.959 bits per heavy atom. The van der Waals surface area contributed by atoms with E-state index in [1.54, 1.807) is 6.08 Å². The van der Waals surface area contributed by atoms with Crippen LogP contribution in [0.4, 0.5) is 0 Å². The fourth-order valence-electron chi connectivity index (χ4n) is 7.77. The highest BCUT2D eigenvalue weighted by molar-refractivity contribution is 5.72. The third-order valence-corrected chi connectivity index (χ3v) is 12.2. The van der Waals surface area contributed by atoms with Crippen LogP contribution in [0.3, 0.4) is 0 Å². The van der Waals surface area contributed by atoms with Gasteiger partial charge >= 0.3 is 17.9 Å². The van der Waals surface area contributed by atoms with Crippen molar-refractivity contribution < 1.29 is 28.6 Å². The first-order valence-corrected chi connectivity index (χ1v) is 29.7. The lowest BCUT2D eigenvalue weighted by molar-refractivity contribution is -0.166. The van der Waals surface area contributed by atoms with Crippen LogP contribution in [0.5, 0.6) is 0 Å². The molecule has 0 aromatic rings. The lowest BCUT2D eigenvalue weighted by atomic mass is 10.1. The number of ether oxygens (including phenoxy) is 3. The van der Waals surface area contributed by atoms with Gasteiger partial charge in [0.05, 0.1) is 6.42 Å². The van der Waals surface area contributed by atoms with Crippen LogP contribution >= 0.6 is 0 Å². The molecule has 0 aliphatic rings. The molecule has 0 radical (unpaired) electrons. The summed E-state index contributed by atoms with van der Waals surface area (Å²) in [7, 11) is 0. The Kier molecular flexibility index (Phi) is 56.4. The quantitative estimate of drug-likeness (QED) is 0.0261.